The third kappa shape index (κ3) is 7.11. The molecular weight excluding hydrogens is 388 g/mol. The number of halogens is 1. The molecule has 0 saturated carbocycles. The van der Waals surface area contributed by atoms with E-state index >= 15 is 0 Å². The minimum absolute atomic E-state index is 0.219. The SMILES string of the molecule is CC(C)(C)Oc1ccc(C(=O)NCc2ccc(NS(C)(=O)=O)cc2Cl)cc1. The third-order valence-electron chi connectivity index (χ3n) is 3.34. The van der Waals surface area contributed by atoms with Crippen molar-refractivity contribution in [1.29, 1.82) is 0 Å². The molecule has 2 aromatic rings. The van der Waals surface area contributed by atoms with Gasteiger partial charge in [-0.15, -0.1) is 0 Å². The van der Waals surface area contributed by atoms with Crippen LogP contribution in [-0.4, -0.2) is 26.2 Å². The summed E-state index contributed by atoms with van der Waals surface area (Å²) in [5.74, 6) is 0.447. The van der Waals surface area contributed by atoms with Crippen molar-refractivity contribution in [3.63, 3.8) is 0 Å². The number of ether oxygens (including phenoxy) is 1. The van der Waals surface area contributed by atoms with Gasteiger partial charge in [0.2, 0.25) is 10.0 Å². The Labute approximate surface area is 164 Å². The van der Waals surface area contributed by atoms with E-state index in [-0.39, 0.29) is 18.1 Å². The molecular formula is C19H23ClN2O4S. The Hall–Kier alpha value is -2.25. The number of hydrogen-bond donors (Lipinski definition) is 2. The van der Waals surface area contributed by atoms with E-state index in [1.807, 2.05) is 20.8 Å². The van der Waals surface area contributed by atoms with Crippen molar-refractivity contribution in [3.8, 4) is 5.75 Å². The molecule has 8 heteroatoms. The summed E-state index contributed by atoms with van der Waals surface area (Å²) >= 11 is 6.17. The van der Waals surface area contributed by atoms with Gasteiger partial charge in [-0.1, -0.05) is 17.7 Å². The number of anilines is 1. The molecule has 2 rings (SSSR count). The van der Waals surface area contributed by atoms with Crippen molar-refractivity contribution in [2.24, 2.45) is 0 Å². The first-order valence-electron chi connectivity index (χ1n) is 8.26. The fourth-order valence-electron chi connectivity index (χ4n) is 2.27. The van der Waals surface area contributed by atoms with Crippen molar-refractivity contribution in [2.75, 3.05) is 11.0 Å². The van der Waals surface area contributed by atoms with E-state index in [0.717, 1.165) is 6.26 Å². The van der Waals surface area contributed by atoms with E-state index in [1.54, 1.807) is 36.4 Å². The van der Waals surface area contributed by atoms with Gasteiger partial charge in [0.05, 0.1) is 6.26 Å². The van der Waals surface area contributed by atoms with Gasteiger partial charge in [-0.05, 0) is 62.7 Å². The van der Waals surface area contributed by atoms with E-state index < -0.39 is 10.0 Å². The van der Waals surface area contributed by atoms with Crippen LogP contribution in [0.25, 0.3) is 0 Å². The van der Waals surface area contributed by atoms with Crippen molar-refractivity contribution in [1.82, 2.24) is 5.32 Å². The maximum Gasteiger partial charge on any atom is 0.251 e. The van der Waals surface area contributed by atoms with Crippen LogP contribution in [0.3, 0.4) is 0 Å². The monoisotopic (exact) mass is 410 g/mol. The molecule has 0 fully saturated rings. The van der Waals surface area contributed by atoms with Crippen LogP contribution in [0, 0.1) is 0 Å². The summed E-state index contributed by atoms with van der Waals surface area (Å²) in [6, 6.07) is 11.6. The highest BCUT2D eigenvalue weighted by Gasteiger charge is 2.13. The predicted molar refractivity (Wildman–Crippen MR) is 108 cm³/mol. The van der Waals surface area contributed by atoms with Crippen LogP contribution in [-0.2, 0) is 16.6 Å². The number of hydrogen-bond acceptors (Lipinski definition) is 4. The van der Waals surface area contributed by atoms with Crippen molar-refractivity contribution < 1.29 is 17.9 Å². The normalized spacial score (nSPS) is 11.7. The van der Waals surface area contributed by atoms with Crippen LogP contribution >= 0.6 is 11.6 Å². The average molecular weight is 411 g/mol. The quantitative estimate of drug-likeness (QED) is 0.758. The second-order valence-electron chi connectivity index (χ2n) is 7.10. The maximum atomic E-state index is 12.3. The first kappa shape index (κ1) is 21.1. The Balaban J connectivity index is 1.99. The highest BCUT2D eigenvalue weighted by atomic mass is 35.5. The molecule has 0 aliphatic carbocycles. The third-order valence-corrected chi connectivity index (χ3v) is 4.29. The summed E-state index contributed by atoms with van der Waals surface area (Å²) < 4.78 is 30.6. The first-order valence-corrected chi connectivity index (χ1v) is 10.5. The lowest BCUT2D eigenvalue weighted by molar-refractivity contribution is 0.0951. The minimum atomic E-state index is -3.37. The second-order valence-corrected chi connectivity index (χ2v) is 9.26. The summed E-state index contributed by atoms with van der Waals surface area (Å²) in [5.41, 5.74) is 1.24. The molecule has 1 amide bonds. The van der Waals surface area contributed by atoms with E-state index in [2.05, 4.69) is 10.0 Å². The largest absolute Gasteiger partial charge is 0.488 e. The Morgan fingerprint density at radius 3 is 2.26 bits per heavy atom. The molecule has 0 aliphatic heterocycles. The number of carbonyl (C=O) groups excluding carboxylic acids is 1. The van der Waals surface area contributed by atoms with Gasteiger partial charge < -0.3 is 10.1 Å². The zero-order valence-electron chi connectivity index (χ0n) is 15.7. The van der Waals surface area contributed by atoms with Crippen molar-refractivity contribution in [2.45, 2.75) is 32.9 Å². The molecule has 0 radical (unpaired) electrons. The molecule has 146 valence electrons. The zero-order valence-corrected chi connectivity index (χ0v) is 17.2. The van der Waals surface area contributed by atoms with Crippen LogP contribution in [0.5, 0.6) is 5.75 Å². The van der Waals surface area contributed by atoms with Gasteiger partial charge >= 0.3 is 0 Å². The topological polar surface area (TPSA) is 84.5 Å². The lowest BCUT2D eigenvalue weighted by atomic mass is 10.1. The van der Waals surface area contributed by atoms with Crippen molar-refractivity contribution in [3.05, 3.63) is 58.6 Å². The molecule has 0 saturated heterocycles. The Bertz CT molecular complexity index is 920. The van der Waals surface area contributed by atoms with Crippen molar-refractivity contribution >= 4 is 33.2 Å². The molecule has 6 nitrogen and oxygen atoms in total. The smallest absolute Gasteiger partial charge is 0.251 e. The molecule has 0 heterocycles. The number of benzene rings is 2. The molecule has 0 atom stereocenters. The molecule has 0 bridgehead atoms. The maximum absolute atomic E-state index is 12.3. The fraction of sp³-hybridized carbons (Fsp3) is 0.316. The summed E-state index contributed by atoms with van der Waals surface area (Å²) in [5, 5.41) is 3.15. The number of amides is 1. The average Bonchev–Trinajstić information content (AvgIpc) is 2.51. The van der Waals surface area contributed by atoms with Gasteiger partial charge in [0.15, 0.2) is 0 Å². The Kier molecular flexibility index (Phi) is 6.38. The lowest BCUT2D eigenvalue weighted by Crippen LogP contribution is -2.24. The highest BCUT2D eigenvalue weighted by Crippen LogP contribution is 2.22. The van der Waals surface area contributed by atoms with Gasteiger partial charge in [-0.3, -0.25) is 9.52 Å². The summed E-state index contributed by atoms with van der Waals surface area (Å²) in [7, 11) is -3.37. The van der Waals surface area contributed by atoms with Gasteiger partial charge in [0.25, 0.3) is 5.91 Å². The highest BCUT2D eigenvalue weighted by molar-refractivity contribution is 7.92. The van der Waals surface area contributed by atoms with Gasteiger partial charge in [0, 0.05) is 22.8 Å². The van der Waals surface area contributed by atoms with Crippen LogP contribution in [0.2, 0.25) is 5.02 Å². The Morgan fingerprint density at radius 2 is 1.74 bits per heavy atom. The van der Waals surface area contributed by atoms with Crippen LogP contribution < -0.4 is 14.8 Å². The molecule has 0 aliphatic rings. The molecule has 0 aromatic heterocycles. The van der Waals surface area contributed by atoms with Gasteiger partial charge in [0.1, 0.15) is 11.4 Å². The van der Waals surface area contributed by atoms with Crippen LogP contribution in [0.4, 0.5) is 5.69 Å². The molecule has 2 aromatic carbocycles. The van der Waals surface area contributed by atoms with E-state index in [1.165, 1.54) is 6.07 Å². The standard InChI is InChI=1S/C19H23ClN2O4S/c1-19(2,3)26-16-9-6-13(7-10-16)18(23)21-12-14-5-8-15(11-17(14)20)22-27(4,24)25/h5-11,22H,12H2,1-4H3,(H,21,23). The number of sulfonamides is 1. The molecule has 27 heavy (non-hydrogen) atoms. The van der Waals surface area contributed by atoms with Crippen LogP contribution in [0.1, 0.15) is 36.7 Å². The number of rotatable bonds is 6. The number of carbonyl (C=O) groups is 1. The van der Waals surface area contributed by atoms with Gasteiger partial charge in [-0.25, -0.2) is 8.42 Å². The van der Waals surface area contributed by atoms with Crippen LogP contribution in [0.15, 0.2) is 42.5 Å². The Morgan fingerprint density at radius 1 is 1.11 bits per heavy atom. The second kappa shape index (κ2) is 8.19. The summed E-state index contributed by atoms with van der Waals surface area (Å²) in [4.78, 5) is 12.3. The van der Waals surface area contributed by atoms with E-state index in [0.29, 0.717) is 27.6 Å². The first-order chi connectivity index (χ1) is 12.4. The van der Waals surface area contributed by atoms with E-state index in [9.17, 15) is 13.2 Å². The minimum Gasteiger partial charge on any atom is -0.488 e. The molecule has 2 N–H and O–H groups in total. The summed E-state index contributed by atoms with van der Waals surface area (Å²) in [6.07, 6.45) is 1.06. The fourth-order valence-corrected chi connectivity index (χ4v) is 3.08. The molecule has 0 unspecified atom stereocenters. The number of nitrogens with one attached hydrogen (secondary N) is 2. The van der Waals surface area contributed by atoms with Gasteiger partial charge in [-0.2, -0.15) is 0 Å². The predicted octanol–water partition coefficient (Wildman–Crippen LogP) is 3.82. The van der Waals surface area contributed by atoms with E-state index in [4.69, 9.17) is 16.3 Å². The summed E-state index contributed by atoms with van der Waals surface area (Å²) in [6.45, 7) is 6.08. The molecule has 0 spiro atoms. The zero-order chi connectivity index (χ0) is 20.2. The lowest BCUT2D eigenvalue weighted by Gasteiger charge is -2.21.